The Kier molecular flexibility index (Phi) is 11.6. The van der Waals surface area contributed by atoms with Crippen LogP contribution in [0.2, 0.25) is 0 Å². The molecule has 1 amide bonds. The third-order valence-corrected chi connectivity index (χ3v) is 6.96. The van der Waals surface area contributed by atoms with Gasteiger partial charge in [0.1, 0.15) is 29.6 Å². The van der Waals surface area contributed by atoms with Crippen molar-refractivity contribution in [3.8, 4) is 0 Å². The normalized spacial score (nSPS) is 10.7. The van der Waals surface area contributed by atoms with E-state index >= 15 is 0 Å². The number of benzene rings is 2. The molecule has 0 unspecified atom stereocenters. The van der Waals surface area contributed by atoms with Gasteiger partial charge >= 0.3 is 11.9 Å². The molecule has 0 bridgehead atoms. The number of ether oxygens (including phenoxy) is 2. The van der Waals surface area contributed by atoms with E-state index in [9.17, 15) is 23.2 Å². The summed E-state index contributed by atoms with van der Waals surface area (Å²) in [7, 11) is 0. The number of amides is 1. The average Bonchev–Trinajstić information content (AvgIpc) is 3.28. The van der Waals surface area contributed by atoms with E-state index < -0.39 is 11.9 Å². The minimum Gasteiger partial charge on any atom is -0.463 e. The second kappa shape index (κ2) is 15.1. The number of rotatable bonds is 14. The number of carbonyl (C=O) groups excluding carboxylic acids is 3. The topological polar surface area (TPSA) is 99.5 Å². The quantitative estimate of drug-likeness (QED) is 0.282. The fourth-order valence-corrected chi connectivity index (χ4v) is 4.74. The van der Waals surface area contributed by atoms with Gasteiger partial charge in [0.05, 0.1) is 30.9 Å². The lowest BCUT2D eigenvalue weighted by Crippen LogP contribution is -2.21. The molecule has 1 heterocycles. The van der Waals surface area contributed by atoms with E-state index in [1.165, 1.54) is 58.7 Å². The zero-order valence-corrected chi connectivity index (χ0v) is 22.3. The van der Waals surface area contributed by atoms with Gasteiger partial charge in [0.25, 0.3) is 0 Å². The van der Waals surface area contributed by atoms with E-state index in [2.05, 4.69) is 10.4 Å². The van der Waals surface area contributed by atoms with E-state index in [4.69, 9.17) is 9.47 Å². The maximum absolute atomic E-state index is 13.1. The number of halogens is 2. The zero-order valence-electron chi connectivity index (χ0n) is 20.7. The van der Waals surface area contributed by atoms with Crippen molar-refractivity contribution in [3.05, 3.63) is 83.1 Å². The molecule has 0 saturated carbocycles. The Morgan fingerprint density at radius 3 is 2.05 bits per heavy atom. The summed E-state index contributed by atoms with van der Waals surface area (Å²) in [5.74, 6) is -0.687. The highest BCUT2D eigenvalue weighted by Gasteiger charge is 2.21. The summed E-state index contributed by atoms with van der Waals surface area (Å²) < 4.78 is 37.7. The second-order valence-corrected chi connectivity index (χ2v) is 9.83. The number of hydrogen-bond donors (Lipinski definition) is 1. The van der Waals surface area contributed by atoms with Gasteiger partial charge in [0.2, 0.25) is 5.91 Å². The Balaban J connectivity index is 1.50. The van der Waals surface area contributed by atoms with Crippen molar-refractivity contribution in [2.45, 2.75) is 25.0 Å². The number of aromatic nitrogens is 2. The van der Waals surface area contributed by atoms with Crippen molar-refractivity contribution in [3.63, 3.8) is 0 Å². The second-order valence-electron chi connectivity index (χ2n) is 7.86. The average molecular weight is 564 g/mol. The molecule has 2 aromatic carbocycles. The fourth-order valence-electron chi connectivity index (χ4n) is 3.18. The Hall–Kier alpha value is -3.38. The van der Waals surface area contributed by atoms with E-state index in [1.807, 2.05) is 0 Å². The molecule has 38 heavy (non-hydrogen) atoms. The van der Waals surface area contributed by atoms with E-state index in [-0.39, 0.29) is 60.2 Å². The molecule has 0 saturated heterocycles. The van der Waals surface area contributed by atoms with E-state index in [0.717, 1.165) is 11.1 Å². The van der Waals surface area contributed by atoms with Crippen LogP contribution in [0.1, 0.15) is 28.4 Å². The maximum Gasteiger partial charge on any atom is 0.343 e. The molecule has 0 spiro atoms. The minimum absolute atomic E-state index is 0.0257. The number of nitrogens with zero attached hydrogens (tertiary/aromatic N) is 2. The third-order valence-electron chi connectivity index (χ3n) is 4.98. The van der Waals surface area contributed by atoms with Crippen LogP contribution in [0.15, 0.2) is 54.7 Å². The van der Waals surface area contributed by atoms with Crippen LogP contribution in [0.25, 0.3) is 0 Å². The Morgan fingerprint density at radius 2 is 1.47 bits per heavy atom. The van der Waals surface area contributed by atoms with Crippen LogP contribution in [0.3, 0.4) is 0 Å². The molecule has 0 aliphatic heterocycles. The number of anilines is 1. The molecule has 8 nitrogen and oxygen atoms in total. The van der Waals surface area contributed by atoms with Crippen LogP contribution < -0.4 is 5.32 Å². The molecule has 3 rings (SSSR count). The first-order chi connectivity index (χ1) is 18.4. The smallest absolute Gasteiger partial charge is 0.343 e. The molecule has 12 heteroatoms. The zero-order chi connectivity index (χ0) is 27.3. The van der Waals surface area contributed by atoms with Crippen LogP contribution in [-0.2, 0) is 37.1 Å². The van der Waals surface area contributed by atoms with Crippen LogP contribution in [0.5, 0.6) is 0 Å². The molecule has 0 radical (unpaired) electrons. The SMILES string of the molecule is CCOC(=O)c1cnn(CCOC(=O)CSCc2ccc(F)cc2)c1NC(=O)CSCc1ccc(F)cc1. The van der Waals surface area contributed by atoms with Gasteiger partial charge in [-0.15, -0.1) is 23.5 Å². The molecule has 1 aromatic heterocycles. The van der Waals surface area contributed by atoms with Crippen molar-refractivity contribution in [1.82, 2.24) is 9.78 Å². The van der Waals surface area contributed by atoms with Gasteiger partial charge in [-0.25, -0.2) is 18.3 Å². The van der Waals surface area contributed by atoms with Crippen LogP contribution in [-0.4, -0.2) is 52.3 Å². The first kappa shape index (κ1) is 29.2. The van der Waals surface area contributed by atoms with Crippen molar-refractivity contribution < 1.29 is 32.6 Å². The molecule has 0 fully saturated rings. The lowest BCUT2D eigenvalue weighted by atomic mass is 10.2. The van der Waals surface area contributed by atoms with Crippen molar-refractivity contribution in [1.29, 1.82) is 0 Å². The molecule has 202 valence electrons. The summed E-state index contributed by atoms with van der Waals surface area (Å²) in [4.78, 5) is 37.0. The van der Waals surface area contributed by atoms with Crippen LogP contribution >= 0.6 is 23.5 Å². The summed E-state index contributed by atoms with van der Waals surface area (Å²) in [6, 6.07) is 12.1. The first-order valence-electron chi connectivity index (χ1n) is 11.7. The van der Waals surface area contributed by atoms with E-state index in [0.29, 0.717) is 11.5 Å². The molecular formula is C26H27F2N3O5S2. The van der Waals surface area contributed by atoms with Crippen LogP contribution in [0, 0.1) is 11.6 Å². The largest absolute Gasteiger partial charge is 0.463 e. The van der Waals surface area contributed by atoms with Gasteiger partial charge in [0.15, 0.2) is 0 Å². The predicted molar refractivity (Wildman–Crippen MR) is 143 cm³/mol. The number of carbonyl (C=O) groups is 3. The lowest BCUT2D eigenvalue weighted by Gasteiger charge is -2.11. The predicted octanol–water partition coefficient (Wildman–Crippen LogP) is 4.69. The highest BCUT2D eigenvalue weighted by Crippen LogP contribution is 2.19. The first-order valence-corrected chi connectivity index (χ1v) is 14.0. The summed E-state index contributed by atoms with van der Waals surface area (Å²) in [6.07, 6.45) is 1.29. The monoisotopic (exact) mass is 563 g/mol. The molecule has 0 aliphatic rings. The lowest BCUT2D eigenvalue weighted by molar-refractivity contribution is -0.140. The Bertz CT molecular complexity index is 1220. The number of hydrogen-bond acceptors (Lipinski definition) is 8. The summed E-state index contributed by atoms with van der Waals surface area (Å²) in [5, 5.41) is 6.84. The number of nitrogens with one attached hydrogen (secondary N) is 1. The van der Waals surface area contributed by atoms with Crippen molar-refractivity contribution in [2.24, 2.45) is 0 Å². The Morgan fingerprint density at radius 1 is 0.895 bits per heavy atom. The van der Waals surface area contributed by atoms with Gasteiger partial charge in [-0.05, 0) is 42.3 Å². The standard InChI is InChI=1S/C26H27F2N3O5S2/c1-2-35-26(34)22-13-29-31(11-12-36-24(33)17-38-15-19-5-9-21(28)10-6-19)25(22)30-23(32)16-37-14-18-3-7-20(27)8-4-18/h3-10,13H,2,11-12,14-17H2,1H3,(H,30,32). The third kappa shape index (κ3) is 9.49. The molecule has 0 aliphatic carbocycles. The Labute approximate surface area is 227 Å². The molecule has 0 atom stereocenters. The highest BCUT2D eigenvalue weighted by atomic mass is 32.2. The maximum atomic E-state index is 13.1. The van der Waals surface area contributed by atoms with Gasteiger partial charge in [0, 0.05) is 11.5 Å². The summed E-state index contributed by atoms with van der Waals surface area (Å²) in [6.45, 7) is 1.90. The number of esters is 2. The van der Waals surface area contributed by atoms with E-state index in [1.54, 1.807) is 31.2 Å². The minimum atomic E-state index is -0.637. The number of thioether (sulfide) groups is 2. The fraction of sp³-hybridized carbons (Fsp3) is 0.308. The molecule has 3 aromatic rings. The summed E-state index contributed by atoms with van der Waals surface area (Å²) in [5.41, 5.74) is 1.85. The van der Waals surface area contributed by atoms with Crippen LogP contribution in [0.4, 0.5) is 14.6 Å². The molecule has 1 N–H and O–H groups in total. The van der Waals surface area contributed by atoms with Crippen molar-refractivity contribution in [2.75, 3.05) is 30.0 Å². The highest BCUT2D eigenvalue weighted by molar-refractivity contribution is 7.99. The molecular weight excluding hydrogens is 536 g/mol. The van der Waals surface area contributed by atoms with Gasteiger partial charge in [-0.2, -0.15) is 5.10 Å². The summed E-state index contributed by atoms with van der Waals surface area (Å²) >= 11 is 2.67. The van der Waals surface area contributed by atoms with Crippen molar-refractivity contribution >= 4 is 47.2 Å². The van der Waals surface area contributed by atoms with Gasteiger partial charge in [-0.1, -0.05) is 24.3 Å². The van der Waals surface area contributed by atoms with Gasteiger partial charge < -0.3 is 14.8 Å². The van der Waals surface area contributed by atoms with Gasteiger partial charge in [-0.3, -0.25) is 9.59 Å².